The summed E-state index contributed by atoms with van der Waals surface area (Å²) in [7, 11) is 0. The number of ketones is 1. The summed E-state index contributed by atoms with van der Waals surface area (Å²) in [6.45, 7) is 3.72. The van der Waals surface area contributed by atoms with E-state index in [1.165, 1.54) is 0 Å². The maximum Gasteiger partial charge on any atom is 0.223 e. The lowest BCUT2D eigenvalue weighted by atomic mass is 9.72. The minimum Gasteiger partial charge on any atom is -0.359 e. The second-order valence-electron chi connectivity index (χ2n) is 5.27. The van der Waals surface area contributed by atoms with Crippen LogP contribution in [0.3, 0.4) is 0 Å². The average Bonchev–Trinajstić information content (AvgIpc) is 2.81. The molecule has 0 unspecified atom stereocenters. The molecular weight excluding hydrogens is 260 g/mol. The van der Waals surface area contributed by atoms with Crippen LogP contribution in [-0.4, -0.2) is 35.9 Å². The number of carbonyl (C=O) groups is 1. The summed E-state index contributed by atoms with van der Waals surface area (Å²) in [6.07, 6.45) is -0.233. The van der Waals surface area contributed by atoms with Crippen LogP contribution in [0.15, 0.2) is 0 Å². The van der Waals surface area contributed by atoms with Gasteiger partial charge in [0.15, 0.2) is 0 Å². The van der Waals surface area contributed by atoms with Crippen LogP contribution in [0.5, 0.6) is 0 Å². The molecule has 3 aliphatic rings. The van der Waals surface area contributed by atoms with Crippen molar-refractivity contribution in [2.24, 2.45) is 11.8 Å². The summed E-state index contributed by atoms with van der Waals surface area (Å²) in [5.74, 6) is 0.188. The Kier molecular flexibility index (Phi) is 3.15. The quantitative estimate of drug-likeness (QED) is 0.579. The van der Waals surface area contributed by atoms with Crippen LogP contribution in [0, 0.1) is 11.8 Å². The molecule has 0 aromatic heterocycles. The molecule has 0 spiro atoms. The molecule has 0 radical (unpaired) electrons. The van der Waals surface area contributed by atoms with E-state index < -0.39 is 18.2 Å². The first kappa shape index (κ1) is 12.8. The molecule has 5 nitrogen and oxygen atoms in total. The summed E-state index contributed by atoms with van der Waals surface area (Å²) in [5, 5.41) is 0. The highest BCUT2D eigenvalue weighted by Crippen LogP contribution is 2.49. The van der Waals surface area contributed by atoms with Crippen molar-refractivity contribution in [3.63, 3.8) is 0 Å². The normalized spacial score (nSPS) is 50.6. The van der Waals surface area contributed by atoms with Crippen LogP contribution >= 0.6 is 11.6 Å². The first-order chi connectivity index (χ1) is 8.60. The summed E-state index contributed by atoms with van der Waals surface area (Å²) >= 11 is 5.75. The first-order valence-corrected chi connectivity index (χ1v) is 6.88. The highest BCUT2D eigenvalue weighted by atomic mass is 35.5. The van der Waals surface area contributed by atoms with Crippen LogP contribution in [0.1, 0.15) is 26.7 Å². The van der Waals surface area contributed by atoms with Gasteiger partial charge in [-0.3, -0.25) is 4.79 Å². The fourth-order valence-electron chi connectivity index (χ4n) is 3.14. The van der Waals surface area contributed by atoms with E-state index in [1.807, 2.05) is 13.8 Å². The van der Waals surface area contributed by atoms with Crippen molar-refractivity contribution >= 4 is 17.4 Å². The topological polar surface area (TPSA) is 54.0 Å². The largest absolute Gasteiger partial charge is 0.359 e. The number of ether oxygens (including phenoxy) is 2. The average molecular weight is 277 g/mol. The molecule has 0 N–H and O–H groups in total. The van der Waals surface area contributed by atoms with Crippen molar-refractivity contribution in [3.8, 4) is 0 Å². The van der Waals surface area contributed by atoms with Crippen molar-refractivity contribution in [2.45, 2.75) is 51.0 Å². The SMILES string of the molecule is C[C@@H]1C(=O)[C@H](C)[C@@]2(CCCCl)O[C@H]1[C@H]1OO[C@@H]2O1. The second kappa shape index (κ2) is 4.42. The minimum atomic E-state index is -0.754. The Morgan fingerprint density at radius 3 is 2.83 bits per heavy atom. The van der Waals surface area contributed by atoms with Gasteiger partial charge in [0.2, 0.25) is 12.6 Å². The van der Waals surface area contributed by atoms with Gasteiger partial charge in [-0.25, -0.2) is 0 Å². The van der Waals surface area contributed by atoms with Gasteiger partial charge in [0.1, 0.15) is 17.5 Å². The molecule has 3 saturated heterocycles. The van der Waals surface area contributed by atoms with Gasteiger partial charge in [-0.1, -0.05) is 13.8 Å². The highest BCUT2D eigenvalue weighted by molar-refractivity contribution is 6.17. The number of fused-ring (bicyclic) bond motifs is 6. The zero-order valence-corrected chi connectivity index (χ0v) is 11.2. The lowest BCUT2D eigenvalue weighted by Crippen LogP contribution is -2.66. The van der Waals surface area contributed by atoms with Gasteiger partial charge < -0.3 is 9.47 Å². The summed E-state index contributed by atoms with van der Waals surface area (Å²) in [4.78, 5) is 22.7. The molecule has 0 aromatic rings. The van der Waals surface area contributed by atoms with E-state index in [0.29, 0.717) is 12.3 Å². The van der Waals surface area contributed by atoms with Crippen molar-refractivity contribution in [1.82, 2.24) is 0 Å². The van der Waals surface area contributed by atoms with Gasteiger partial charge in [-0.15, -0.1) is 11.6 Å². The van der Waals surface area contributed by atoms with Gasteiger partial charge in [-0.2, -0.15) is 9.78 Å². The van der Waals surface area contributed by atoms with E-state index in [1.54, 1.807) is 0 Å². The van der Waals surface area contributed by atoms with Crippen molar-refractivity contribution < 1.29 is 24.0 Å². The molecule has 4 bridgehead atoms. The number of hydrogen-bond acceptors (Lipinski definition) is 5. The Bertz CT molecular complexity index is 362. The molecule has 3 fully saturated rings. The lowest BCUT2D eigenvalue weighted by molar-refractivity contribution is -0.319. The highest BCUT2D eigenvalue weighted by Gasteiger charge is 2.65. The minimum absolute atomic E-state index is 0.188. The number of halogens is 1. The zero-order valence-electron chi connectivity index (χ0n) is 10.4. The van der Waals surface area contributed by atoms with Crippen molar-refractivity contribution in [1.29, 1.82) is 0 Å². The molecule has 6 atom stereocenters. The van der Waals surface area contributed by atoms with E-state index in [-0.39, 0.29) is 23.7 Å². The molecule has 6 heteroatoms. The zero-order chi connectivity index (χ0) is 12.9. The molecule has 3 heterocycles. The predicted molar refractivity (Wildman–Crippen MR) is 61.7 cm³/mol. The maximum atomic E-state index is 12.3. The number of Topliss-reactive ketones (excluding diaryl/α,β-unsaturated/α-hetero) is 1. The standard InChI is InChI=1S/C12H17ClO5/c1-6-8(14)7(2)12(4-3-5-13)11-15-10(17-18-11)9(6)16-12/h6-7,9-11H,3-5H2,1-2H3/t6-,7+,9-,10-,11+,12-/m1/s1. The monoisotopic (exact) mass is 276 g/mol. The van der Waals surface area contributed by atoms with Gasteiger partial charge in [0.05, 0.1) is 0 Å². The number of hydrogen-bond donors (Lipinski definition) is 0. The molecule has 3 aliphatic heterocycles. The third-order valence-electron chi connectivity index (χ3n) is 4.32. The van der Waals surface area contributed by atoms with E-state index in [9.17, 15) is 4.79 Å². The summed E-state index contributed by atoms with van der Waals surface area (Å²) < 4.78 is 11.8. The second-order valence-corrected chi connectivity index (χ2v) is 5.65. The third-order valence-corrected chi connectivity index (χ3v) is 4.59. The van der Waals surface area contributed by atoms with Crippen LogP contribution in [0.2, 0.25) is 0 Å². The summed E-state index contributed by atoms with van der Waals surface area (Å²) in [5.41, 5.74) is -0.754. The van der Waals surface area contributed by atoms with Crippen LogP contribution in [0.25, 0.3) is 0 Å². The number of carbonyl (C=O) groups excluding carboxylic acids is 1. The van der Waals surface area contributed by atoms with Gasteiger partial charge in [-0.05, 0) is 12.8 Å². The van der Waals surface area contributed by atoms with E-state index in [0.717, 1.165) is 6.42 Å². The predicted octanol–water partition coefficient (Wildman–Crippen LogP) is 1.63. The fourth-order valence-corrected chi connectivity index (χ4v) is 3.28. The van der Waals surface area contributed by atoms with E-state index in [4.69, 9.17) is 30.8 Å². The molecule has 18 heavy (non-hydrogen) atoms. The molecule has 3 rings (SSSR count). The first-order valence-electron chi connectivity index (χ1n) is 6.35. The Morgan fingerprint density at radius 2 is 2.11 bits per heavy atom. The Morgan fingerprint density at radius 1 is 1.33 bits per heavy atom. The molecular formula is C12H17ClO5. The fraction of sp³-hybridized carbons (Fsp3) is 0.917. The van der Waals surface area contributed by atoms with Crippen molar-refractivity contribution in [3.05, 3.63) is 0 Å². The Hall–Kier alpha value is -0.200. The maximum absolute atomic E-state index is 12.3. The number of rotatable bonds is 3. The van der Waals surface area contributed by atoms with E-state index in [2.05, 4.69) is 0 Å². The number of alkyl halides is 1. The Balaban J connectivity index is 1.95. The van der Waals surface area contributed by atoms with Crippen LogP contribution in [-0.2, 0) is 24.0 Å². The molecule has 0 aromatic carbocycles. The van der Waals surface area contributed by atoms with Crippen LogP contribution < -0.4 is 0 Å². The van der Waals surface area contributed by atoms with Crippen molar-refractivity contribution in [2.75, 3.05) is 5.88 Å². The Labute approximate surface area is 111 Å². The van der Waals surface area contributed by atoms with E-state index >= 15 is 0 Å². The third kappa shape index (κ3) is 1.58. The van der Waals surface area contributed by atoms with Gasteiger partial charge >= 0.3 is 0 Å². The molecule has 0 amide bonds. The lowest BCUT2D eigenvalue weighted by Gasteiger charge is -2.51. The molecule has 0 aliphatic carbocycles. The molecule has 0 saturated carbocycles. The molecule has 102 valence electrons. The summed E-state index contributed by atoms with van der Waals surface area (Å²) in [6, 6.07) is 0. The van der Waals surface area contributed by atoms with Gasteiger partial charge in [0, 0.05) is 17.7 Å². The van der Waals surface area contributed by atoms with Gasteiger partial charge in [0.25, 0.3) is 0 Å². The smallest absolute Gasteiger partial charge is 0.223 e. The van der Waals surface area contributed by atoms with Crippen LogP contribution in [0.4, 0.5) is 0 Å².